The van der Waals surface area contributed by atoms with Gasteiger partial charge in [0.25, 0.3) is 0 Å². The highest BCUT2D eigenvalue weighted by Crippen LogP contribution is 2.36. The summed E-state index contributed by atoms with van der Waals surface area (Å²) in [7, 11) is -3.38. The molecule has 0 radical (unpaired) electrons. The van der Waals surface area contributed by atoms with Crippen LogP contribution in [-0.4, -0.2) is 50.2 Å². The van der Waals surface area contributed by atoms with Crippen LogP contribution in [0.5, 0.6) is 0 Å². The highest BCUT2D eigenvalue weighted by Gasteiger charge is 2.42. The molecule has 2 rings (SSSR count). The third kappa shape index (κ3) is 3.51. The number of fused-ring (bicyclic) bond motifs is 1. The molecule has 0 spiro atoms. The minimum absolute atomic E-state index is 0.0753. The number of esters is 1. The van der Waals surface area contributed by atoms with E-state index in [2.05, 4.69) is 0 Å². The molecule has 116 valence electrons. The van der Waals surface area contributed by atoms with Crippen molar-refractivity contribution in [1.82, 2.24) is 4.31 Å². The van der Waals surface area contributed by atoms with Gasteiger partial charge in [-0.2, -0.15) is 0 Å². The number of nitrogens with zero attached hydrogens (tertiary/aromatic N) is 1. The number of carbonyl (C=O) groups is 1. The summed E-state index contributed by atoms with van der Waals surface area (Å²) in [4.78, 5) is 11.3. The summed E-state index contributed by atoms with van der Waals surface area (Å²) in [6.07, 6.45) is 3.05. The molecule has 2 aliphatic rings. The van der Waals surface area contributed by atoms with Crippen molar-refractivity contribution in [3.05, 3.63) is 0 Å². The van der Waals surface area contributed by atoms with Crippen LogP contribution in [-0.2, 0) is 19.6 Å². The maximum Gasteiger partial charge on any atom is 0.306 e. The quantitative estimate of drug-likeness (QED) is 0.739. The molecule has 1 heterocycles. The average molecular weight is 304 g/mol. The topological polar surface area (TPSA) is 89.7 Å². The molecule has 6 nitrogen and oxygen atoms in total. The van der Waals surface area contributed by atoms with E-state index in [0.29, 0.717) is 19.0 Å². The third-order valence-corrected chi connectivity index (χ3v) is 6.19. The summed E-state index contributed by atoms with van der Waals surface area (Å²) in [5.74, 6) is 0.0437. The second kappa shape index (κ2) is 6.41. The Kier molecular flexibility index (Phi) is 5.04. The van der Waals surface area contributed by atoms with Crippen molar-refractivity contribution in [2.75, 3.05) is 25.4 Å². The van der Waals surface area contributed by atoms with Gasteiger partial charge in [-0.3, -0.25) is 4.79 Å². The Balaban J connectivity index is 1.92. The standard InChI is InChI=1S/C13H24N2O4S/c1-2-19-13(16)6-7-20(17,18)15-8-10-4-3-5-12(14)11(10)9-15/h10-12H,2-9,14H2,1H3. The van der Waals surface area contributed by atoms with Crippen LogP contribution in [0, 0.1) is 11.8 Å². The summed E-state index contributed by atoms with van der Waals surface area (Å²) in [5.41, 5.74) is 6.09. The molecule has 0 aromatic rings. The summed E-state index contributed by atoms with van der Waals surface area (Å²) in [6.45, 7) is 3.06. The molecule has 1 aliphatic heterocycles. The average Bonchev–Trinajstić information content (AvgIpc) is 2.83. The lowest BCUT2D eigenvalue weighted by Gasteiger charge is -2.29. The van der Waals surface area contributed by atoms with Gasteiger partial charge >= 0.3 is 5.97 Å². The first-order valence-corrected chi connectivity index (χ1v) is 8.94. The molecule has 0 aromatic heterocycles. The molecular weight excluding hydrogens is 280 g/mol. The molecule has 1 saturated heterocycles. The van der Waals surface area contributed by atoms with E-state index in [0.717, 1.165) is 19.3 Å². The first-order chi connectivity index (χ1) is 9.44. The first kappa shape index (κ1) is 15.7. The number of hydrogen-bond donors (Lipinski definition) is 1. The van der Waals surface area contributed by atoms with E-state index < -0.39 is 16.0 Å². The van der Waals surface area contributed by atoms with Gasteiger partial charge in [-0.1, -0.05) is 6.42 Å². The van der Waals surface area contributed by atoms with E-state index in [4.69, 9.17) is 10.5 Å². The largest absolute Gasteiger partial charge is 0.466 e. The maximum atomic E-state index is 12.3. The minimum atomic E-state index is -3.38. The van der Waals surface area contributed by atoms with Crippen molar-refractivity contribution in [1.29, 1.82) is 0 Å². The molecule has 1 aliphatic carbocycles. The van der Waals surface area contributed by atoms with Crippen LogP contribution in [0.2, 0.25) is 0 Å². The summed E-state index contributed by atoms with van der Waals surface area (Å²) in [5, 5.41) is 0. The van der Waals surface area contributed by atoms with Crippen molar-refractivity contribution in [3.63, 3.8) is 0 Å². The number of carbonyl (C=O) groups excluding carboxylic acids is 1. The van der Waals surface area contributed by atoms with E-state index >= 15 is 0 Å². The smallest absolute Gasteiger partial charge is 0.306 e. The first-order valence-electron chi connectivity index (χ1n) is 7.33. The fourth-order valence-electron chi connectivity index (χ4n) is 3.28. The van der Waals surface area contributed by atoms with Gasteiger partial charge in [-0.15, -0.1) is 0 Å². The van der Waals surface area contributed by atoms with Crippen LogP contribution in [0.25, 0.3) is 0 Å². The molecule has 0 bridgehead atoms. The third-order valence-electron chi connectivity index (χ3n) is 4.38. The Morgan fingerprint density at radius 3 is 2.75 bits per heavy atom. The highest BCUT2D eigenvalue weighted by molar-refractivity contribution is 7.89. The fourth-order valence-corrected chi connectivity index (χ4v) is 4.78. The van der Waals surface area contributed by atoms with E-state index in [1.165, 1.54) is 4.31 Å². The van der Waals surface area contributed by atoms with Crippen molar-refractivity contribution >= 4 is 16.0 Å². The zero-order chi connectivity index (χ0) is 14.8. The molecule has 3 unspecified atom stereocenters. The van der Waals surface area contributed by atoms with Crippen LogP contribution in [0.4, 0.5) is 0 Å². The van der Waals surface area contributed by atoms with Gasteiger partial charge in [0.05, 0.1) is 18.8 Å². The minimum Gasteiger partial charge on any atom is -0.466 e. The van der Waals surface area contributed by atoms with E-state index in [1.54, 1.807) is 6.92 Å². The van der Waals surface area contributed by atoms with Crippen molar-refractivity contribution < 1.29 is 17.9 Å². The number of sulfonamides is 1. The zero-order valence-corrected chi connectivity index (χ0v) is 12.8. The Morgan fingerprint density at radius 2 is 2.10 bits per heavy atom. The normalized spacial score (nSPS) is 31.0. The molecule has 20 heavy (non-hydrogen) atoms. The Labute approximate surface area is 120 Å². The van der Waals surface area contributed by atoms with Crippen LogP contribution in [0.15, 0.2) is 0 Å². The number of ether oxygens (including phenoxy) is 1. The Hall–Kier alpha value is -0.660. The van der Waals surface area contributed by atoms with Gasteiger partial charge in [0.2, 0.25) is 10.0 Å². The van der Waals surface area contributed by atoms with E-state index in [-0.39, 0.29) is 30.7 Å². The van der Waals surface area contributed by atoms with Crippen LogP contribution >= 0.6 is 0 Å². The zero-order valence-electron chi connectivity index (χ0n) is 12.0. The van der Waals surface area contributed by atoms with E-state index in [9.17, 15) is 13.2 Å². The lowest BCUT2D eigenvalue weighted by atomic mass is 9.78. The molecule has 1 saturated carbocycles. The highest BCUT2D eigenvalue weighted by atomic mass is 32.2. The summed E-state index contributed by atoms with van der Waals surface area (Å²) >= 11 is 0. The molecular formula is C13H24N2O4S. The van der Waals surface area contributed by atoms with Crippen molar-refractivity contribution in [3.8, 4) is 0 Å². The monoisotopic (exact) mass is 304 g/mol. The predicted molar refractivity (Wildman–Crippen MR) is 75.4 cm³/mol. The Bertz CT molecular complexity index is 451. The number of hydrogen-bond acceptors (Lipinski definition) is 5. The van der Waals surface area contributed by atoms with Crippen molar-refractivity contribution in [2.24, 2.45) is 17.6 Å². The molecule has 0 amide bonds. The number of rotatable bonds is 5. The second-order valence-corrected chi connectivity index (χ2v) is 7.80. The molecule has 7 heteroatoms. The van der Waals surface area contributed by atoms with Gasteiger partial charge in [0, 0.05) is 19.1 Å². The van der Waals surface area contributed by atoms with Crippen LogP contribution in [0.1, 0.15) is 32.6 Å². The van der Waals surface area contributed by atoms with Crippen LogP contribution in [0.3, 0.4) is 0 Å². The van der Waals surface area contributed by atoms with Gasteiger partial charge in [0.15, 0.2) is 0 Å². The van der Waals surface area contributed by atoms with Gasteiger partial charge in [0.1, 0.15) is 0 Å². The van der Waals surface area contributed by atoms with Crippen molar-refractivity contribution in [2.45, 2.75) is 38.6 Å². The molecule has 2 fully saturated rings. The van der Waals surface area contributed by atoms with E-state index in [1.807, 2.05) is 0 Å². The Morgan fingerprint density at radius 1 is 1.35 bits per heavy atom. The molecule has 0 aromatic carbocycles. The summed E-state index contributed by atoms with van der Waals surface area (Å²) < 4.78 is 30.8. The van der Waals surface area contributed by atoms with Gasteiger partial charge in [-0.25, -0.2) is 12.7 Å². The fraction of sp³-hybridized carbons (Fsp3) is 0.923. The lowest BCUT2D eigenvalue weighted by Crippen LogP contribution is -2.38. The molecule has 3 atom stereocenters. The predicted octanol–water partition coefficient (Wildman–Crippen LogP) is 0.329. The maximum absolute atomic E-state index is 12.3. The van der Waals surface area contributed by atoms with Gasteiger partial charge in [-0.05, 0) is 31.6 Å². The molecule has 2 N–H and O–H groups in total. The SMILES string of the molecule is CCOC(=O)CCS(=O)(=O)N1CC2CCCC(N)C2C1. The summed E-state index contributed by atoms with van der Waals surface area (Å²) in [6, 6.07) is 0.110. The van der Waals surface area contributed by atoms with Crippen LogP contribution < -0.4 is 5.73 Å². The van der Waals surface area contributed by atoms with Gasteiger partial charge < -0.3 is 10.5 Å². The lowest BCUT2D eigenvalue weighted by molar-refractivity contribution is -0.142. The number of nitrogens with two attached hydrogens (primary N) is 1. The second-order valence-electron chi connectivity index (χ2n) is 5.71.